The topological polar surface area (TPSA) is 56.3 Å². The van der Waals surface area contributed by atoms with Crippen LogP contribution in [0.25, 0.3) is 0 Å². The molecule has 0 amide bonds. The molecule has 0 unspecified atom stereocenters. The molecule has 0 aliphatic carbocycles. The average molecular weight is 459 g/mol. The number of benzene rings is 2. The van der Waals surface area contributed by atoms with Crippen molar-refractivity contribution in [1.82, 2.24) is 15.3 Å². The van der Waals surface area contributed by atoms with E-state index in [1.807, 2.05) is 13.2 Å². The van der Waals surface area contributed by atoms with E-state index in [-0.39, 0.29) is 0 Å². The van der Waals surface area contributed by atoms with Crippen LogP contribution in [0.4, 0.5) is 17.5 Å². The predicted molar refractivity (Wildman–Crippen MR) is 143 cm³/mol. The highest BCUT2D eigenvalue weighted by molar-refractivity contribution is 5.56. The molecule has 1 atom stereocenters. The van der Waals surface area contributed by atoms with Gasteiger partial charge in [0.2, 0.25) is 5.95 Å². The quantitative estimate of drug-likeness (QED) is 0.460. The van der Waals surface area contributed by atoms with Gasteiger partial charge in [-0.05, 0) is 69.0 Å². The summed E-state index contributed by atoms with van der Waals surface area (Å²) < 4.78 is 0. The van der Waals surface area contributed by atoms with Gasteiger partial charge in [-0.1, -0.05) is 42.5 Å². The minimum atomic E-state index is 0.569. The van der Waals surface area contributed by atoms with Crippen molar-refractivity contribution in [3.8, 4) is 0 Å². The van der Waals surface area contributed by atoms with Crippen molar-refractivity contribution in [2.75, 3.05) is 55.4 Å². The van der Waals surface area contributed by atoms with Gasteiger partial charge in [0.15, 0.2) is 0 Å². The van der Waals surface area contributed by atoms with E-state index in [1.165, 1.54) is 22.4 Å². The van der Waals surface area contributed by atoms with E-state index in [1.54, 1.807) is 0 Å². The van der Waals surface area contributed by atoms with Crippen molar-refractivity contribution in [3.05, 3.63) is 77.5 Å². The Morgan fingerprint density at radius 1 is 1.03 bits per heavy atom. The molecule has 3 aromatic rings. The minimum Gasteiger partial charge on any atom is -0.365 e. The highest BCUT2D eigenvalue weighted by Crippen LogP contribution is 2.29. The molecule has 1 aliphatic heterocycles. The highest BCUT2D eigenvalue weighted by atomic mass is 15.3. The van der Waals surface area contributed by atoms with E-state index in [9.17, 15) is 0 Å². The largest absolute Gasteiger partial charge is 0.365 e. The fourth-order valence-corrected chi connectivity index (χ4v) is 4.74. The van der Waals surface area contributed by atoms with Crippen LogP contribution >= 0.6 is 0 Å². The first-order chi connectivity index (χ1) is 16.7. The average Bonchev–Trinajstić information content (AvgIpc) is 3.04. The van der Waals surface area contributed by atoms with Gasteiger partial charge in [-0.3, -0.25) is 0 Å². The van der Waals surface area contributed by atoms with Crippen LogP contribution in [0.1, 0.15) is 42.4 Å². The molecule has 2 heterocycles. The zero-order chi connectivity index (χ0) is 23.8. The third kappa shape index (κ3) is 6.06. The maximum absolute atomic E-state index is 4.76. The third-order valence-corrected chi connectivity index (χ3v) is 6.68. The van der Waals surface area contributed by atoms with E-state index in [2.05, 4.69) is 94.0 Å². The summed E-state index contributed by atoms with van der Waals surface area (Å²) in [4.78, 5) is 14.0. The molecule has 6 heteroatoms. The summed E-state index contributed by atoms with van der Waals surface area (Å²) >= 11 is 0. The number of likely N-dealkylation sites (N-methyl/N-ethyl adjacent to an activating group) is 1. The molecule has 34 heavy (non-hydrogen) atoms. The molecular formula is C28H38N6. The first-order valence-electron chi connectivity index (χ1n) is 12.5. The van der Waals surface area contributed by atoms with E-state index < -0.39 is 0 Å². The third-order valence-electron chi connectivity index (χ3n) is 6.68. The number of fused-ring (bicyclic) bond motifs is 1. The van der Waals surface area contributed by atoms with Gasteiger partial charge in [0.25, 0.3) is 0 Å². The molecule has 2 N–H and O–H groups in total. The van der Waals surface area contributed by atoms with Crippen molar-refractivity contribution < 1.29 is 0 Å². The number of anilines is 3. The molecule has 4 rings (SSSR count). The molecule has 1 aromatic heterocycles. The maximum atomic E-state index is 4.76. The summed E-state index contributed by atoms with van der Waals surface area (Å²) in [5, 5.41) is 6.55. The van der Waals surface area contributed by atoms with Crippen molar-refractivity contribution in [3.63, 3.8) is 0 Å². The van der Waals surface area contributed by atoms with Gasteiger partial charge < -0.3 is 20.4 Å². The number of nitrogens with zero attached hydrogens (tertiary/aromatic N) is 4. The molecule has 0 saturated heterocycles. The zero-order valence-electron chi connectivity index (χ0n) is 20.8. The number of aryl methyl sites for hydroxylation is 1. The summed E-state index contributed by atoms with van der Waals surface area (Å²) in [6.07, 6.45) is 5.37. The molecule has 0 radical (unpaired) electrons. The lowest BCUT2D eigenvalue weighted by Crippen LogP contribution is -2.29. The van der Waals surface area contributed by atoms with Gasteiger partial charge >= 0.3 is 0 Å². The Hall–Kier alpha value is -3.12. The molecule has 0 spiro atoms. The molecule has 0 bridgehead atoms. The SMILES string of the molecule is CCNc1ncc2c(n1)N(C)CCN(c1cccc(CC[C@H](CCNC)c3ccccc3)c1)C2. The lowest BCUT2D eigenvalue weighted by atomic mass is 9.89. The predicted octanol–water partition coefficient (Wildman–Crippen LogP) is 4.69. The smallest absolute Gasteiger partial charge is 0.224 e. The molecule has 0 saturated carbocycles. The maximum Gasteiger partial charge on any atom is 0.224 e. The van der Waals surface area contributed by atoms with Crippen LogP contribution < -0.4 is 20.4 Å². The van der Waals surface area contributed by atoms with Crippen molar-refractivity contribution in [2.24, 2.45) is 0 Å². The number of nitrogens with one attached hydrogen (secondary N) is 2. The molecular weight excluding hydrogens is 420 g/mol. The summed E-state index contributed by atoms with van der Waals surface area (Å²) in [6, 6.07) is 20.0. The molecule has 2 aromatic carbocycles. The Bertz CT molecular complexity index is 1040. The summed E-state index contributed by atoms with van der Waals surface area (Å²) in [6.45, 7) is 6.64. The molecule has 0 fully saturated rings. The van der Waals surface area contributed by atoms with Gasteiger partial charge in [-0.15, -0.1) is 0 Å². The van der Waals surface area contributed by atoms with Crippen LogP contribution in [-0.2, 0) is 13.0 Å². The van der Waals surface area contributed by atoms with Gasteiger partial charge in [0.1, 0.15) is 5.82 Å². The summed E-state index contributed by atoms with van der Waals surface area (Å²) in [5.74, 6) is 2.30. The van der Waals surface area contributed by atoms with E-state index in [0.29, 0.717) is 11.9 Å². The Morgan fingerprint density at radius 3 is 2.68 bits per heavy atom. The molecule has 6 nitrogen and oxygen atoms in total. The van der Waals surface area contributed by atoms with Gasteiger partial charge in [-0.2, -0.15) is 4.98 Å². The van der Waals surface area contributed by atoms with Crippen LogP contribution in [0.3, 0.4) is 0 Å². The first kappa shape index (κ1) is 24.0. The van der Waals surface area contributed by atoms with Crippen LogP contribution in [0.2, 0.25) is 0 Å². The van der Waals surface area contributed by atoms with Crippen molar-refractivity contribution >= 4 is 17.5 Å². The van der Waals surface area contributed by atoms with Crippen LogP contribution in [-0.4, -0.2) is 50.2 Å². The minimum absolute atomic E-state index is 0.569. The Balaban J connectivity index is 1.47. The number of aromatic nitrogens is 2. The second-order valence-corrected chi connectivity index (χ2v) is 9.12. The highest BCUT2D eigenvalue weighted by Gasteiger charge is 2.20. The van der Waals surface area contributed by atoms with Gasteiger partial charge in [0, 0.05) is 50.7 Å². The van der Waals surface area contributed by atoms with E-state index >= 15 is 0 Å². The fourth-order valence-electron chi connectivity index (χ4n) is 4.74. The summed E-state index contributed by atoms with van der Waals surface area (Å²) in [7, 11) is 4.16. The van der Waals surface area contributed by atoms with Crippen LogP contribution in [0, 0.1) is 0 Å². The van der Waals surface area contributed by atoms with Gasteiger partial charge in [-0.25, -0.2) is 4.98 Å². The monoisotopic (exact) mass is 458 g/mol. The van der Waals surface area contributed by atoms with Gasteiger partial charge in [0.05, 0.1) is 0 Å². The number of rotatable bonds is 10. The second kappa shape index (κ2) is 11.8. The Morgan fingerprint density at radius 2 is 1.88 bits per heavy atom. The Kier molecular flexibility index (Phi) is 8.36. The molecule has 1 aliphatic rings. The molecule has 180 valence electrons. The summed E-state index contributed by atoms with van der Waals surface area (Å²) in [5.41, 5.74) is 5.29. The first-order valence-corrected chi connectivity index (χ1v) is 12.5. The lowest BCUT2D eigenvalue weighted by Gasteiger charge is -2.24. The standard InChI is InChI=1S/C28H38N6/c1-4-30-28-31-20-25-21-34(18-17-33(3)27(25)32-28)26-12-8-9-22(19-26)13-14-24(15-16-29-2)23-10-6-5-7-11-23/h5-12,19-20,24,29H,4,13-18,21H2,1-3H3,(H,30,31,32)/t24-/m1/s1. The normalized spacial score (nSPS) is 14.4. The van der Waals surface area contributed by atoms with Crippen molar-refractivity contribution in [2.45, 2.75) is 38.6 Å². The second-order valence-electron chi connectivity index (χ2n) is 9.12. The Labute approximate surface area is 204 Å². The van der Waals surface area contributed by atoms with Crippen LogP contribution in [0.15, 0.2) is 60.8 Å². The lowest BCUT2D eigenvalue weighted by molar-refractivity contribution is 0.558. The number of hydrogen-bond acceptors (Lipinski definition) is 6. The van der Waals surface area contributed by atoms with E-state index in [4.69, 9.17) is 4.98 Å². The van der Waals surface area contributed by atoms with Crippen molar-refractivity contribution in [1.29, 1.82) is 0 Å². The zero-order valence-corrected chi connectivity index (χ0v) is 20.8. The fraction of sp³-hybridized carbons (Fsp3) is 0.429. The number of hydrogen-bond donors (Lipinski definition) is 2. The van der Waals surface area contributed by atoms with E-state index in [0.717, 1.165) is 57.8 Å². The van der Waals surface area contributed by atoms with Crippen LogP contribution in [0.5, 0.6) is 0 Å².